The number of fused-ring (bicyclic) bond motifs is 1. The van der Waals surface area contributed by atoms with E-state index in [2.05, 4.69) is 73.4 Å². The summed E-state index contributed by atoms with van der Waals surface area (Å²) in [7, 11) is 3.92. The van der Waals surface area contributed by atoms with Crippen LogP contribution in [0.5, 0.6) is 5.75 Å². The van der Waals surface area contributed by atoms with Gasteiger partial charge in [-0.05, 0) is 76.1 Å². The van der Waals surface area contributed by atoms with Crippen molar-refractivity contribution in [3.63, 3.8) is 0 Å². The Hall–Kier alpha value is -3.66. The number of rotatable bonds is 4. The molecule has 3 atom stereocenters. The topological polar surface area (TPSA) is 97.7 Å². The summed E-state index contributed by atoms with van der Waals surface area (Å²) in [6.45, 7) is 14.9. The van der Waals surface area contributed by atoms with E-state index in [1.54, 1.807) is 25.8 Å². The molecule has 40 heavy (non-hydrogen) atoms. The van der Waals surface area contributed by atoms with Gasteiger partial charge in [0.05, 0.1) is 6.67 Å². The molecule has 2 N–H and O–H groups in total. The van der Waals surface area contributed by atoms with Crippen molar-refractivity contribution < 1.29 is 9.53 Å². The number of benzene rings is 1. The zero-order chi connectivity index (χ0) is 28.8. The fourth-order valence-electron chi connectivity index (χ4n) is 5.56. The van der Waals surface area contributed by atoms with Crippen LogP contribution in [-0.2, 0) is 4.79 Å². The minimum atomic E-state index is -0.927. The molecule has 1 saturated heterocycles. The second kappa shape index (κ2) is 10.7. The van der Waals surface area contributed by atoms with Gasteiger partial charge in [-0.25, -0.2) is 4.98 Å². The largest absolute Gasteiger partial charge is 0.474 e. The van der Waals surface area contributed by atoms with Gasteiger partial charge in [-0.15, -0.1) is 0 Å². The van der Waals surface area contributed by atoms with Crippen LogP contribution in [-0.4, -0.2) is 73.1 Å². The number of likely N-dealkylation sites (N-methyl/N-ethyl adjacent to an activating group) is 2. The Kier molecular flexibility index (Phi) is 7.48. The number of nitrogens with zero attached hydrogens (tertiary/aromatic N) is 6. The minimum Gasteiger partial charge on any atom is -0.474 e. The van der Waals surface area contributed by atoms with Crippen molar-refractivity contribution in [2.75, 3.05) is 54.3 Å². The summed E-state index contributed by atoms with van der Waals surface area (Å²) in [6, 6.07) is 10.7. The Morgan fingerprint density at radius 1 is 1.12 bits per heavy atom. The first-order valence-electron chi connectivity index (χ1n) is 14.2. The molecule has 1 amide bonds. The van der Waals surface area contributed by atoms with Crippen LogP contribution in [0.2, 0.25) is 0 Å². The van der Waals surface area contributed by atoms with Gasteiger partial charge in [-0.3, -0.25) is 19.6 Å². The van der Waals surface area contributed by atoms with E-state index in [0.717, 1.165) is 31.2 Å². The number of aromatic nitrogens is 1. The molecule has 0 saturated carbocycles. The molecule has 0 aliphatic carbocycles. The van der Waals surface area contributed by atoms with Crippen molar-refractivity contribution in [1.82, 2.24) is 9.88 Å². The van der Waals surface area contributed by atoms with E-state index in [-0.39, 0.29) is 17.7 Å². The molecule has 0 bridgehead atoms. The molecule has 214 valence electrons. The fraction of sp³-hybridized carbons (Fsp3) is 0.533. The van der Waals surface area contributed by atoms with E-state index in [9.17, 15) is 4.79 Å². The molecule has 10 nitrogen and oxygen atoms in total. The van der Waals surface area contributed by atoms with Crippen LogP contribution in [0, 0.1) is 18.8 Å². The van der Waals surface area contributed by atoms with Gasteiger partial charge < -0.3 is 20.3 Å². The first-order chi connectivity index (χ1) is 19.0. The SMILES string of the molecule is CCC1CN(c2ccc(NC3=NC[C@@H](C)C(C)C(Nc4ccc5c(n4)N(C)C(=O)C(C)(C)O5)=N3)cc2C)CN1C. The summed E-state index contributed by atoms with van der Waals surface area (Å²) in [6.07, 6.45) is 1.15. The quantitative estimate of drug-likeness (QED) is 0.580. The van der Waals surface area contributed by atoms with Gasteiger partial charge in [-0.1, -0.05) is 20.8 Å². The van der Waals surface area contributed by atoms with E-state index in [0.29, 0.717) is 35.9 Å². The smallest absolute Gasteiger partial charge is 0.271 e. The Morgan fingerprint density at radius 2 is 1.90 bits per heavy atom. The normalized spacial score (nSPS) is 24.6. The molecule has 5 rings (SSSR count). The molecule has 1 aromatic carbocycles. The average Bonchev–Trinajstić information content (AvgIpc) is 3.23. The van der Waals surface area contributed by atoms with E-state index in [1.165, 1.54) is 11.3 Å². The lowest BCUT2D eigenvalue weighted by Gasteiger charge is -2.36. The number of amides is 1. The second-order valence-electron chi connectivity index (χ2n) is 11.9. The van der Waals surface area contributed by atoms with Crippen LogP contribution in [0.15, 0.2) is 40.3 Å². The number of aliphatic imine (C=N–C) groups is 2. The highest BCUT2D eigenvalue weighted by atomic mass is 16.5. The summed E-state index contributed by atoms with van der Waals surface area (Å²) < 4.78 is 5.91. The first kappa shape index (κ1) is 27.9. The molecule has 4 heterocycles. The summed E-state index contributed by atoms with van der Waals surface area (Å²) in [5, 5.41) is 6.84. The summed E-state index contributed by atoms with van der Waals surface area (Å²) in [5.41, 5.74) is 2.51. The molecule has 2 unspecified atom stereocenters. The van der Waals surface area contributed by atoms with Gasteiger partial charge >= 0.3 is 0 Å². The number of carbonyl (C=O) groups excluding carboxylic acids is 1. The third-order valence-corrected chi connectivity index (χ3v) is 8.35. The highest BCUT2D eigenvalue weighted by Crippen LogP contribution is 2.36. The number of amidine groups is 1. The number of pyridine rings is 1. The maximum Gasteiger partial charge on any atom is 0.271 e. The van der Waals surface area contributed by atoms with Crippen LogP contribution in [0.25, 0.3) is 0 Å². The molecule has 3 aliphatic rings. The van der Waals surface area contributed by atoms with E-state index < -0.39 is 5.60 Å². The molecule has 1 fully saturated rings. The van der Waals surface area contributed by atoms with E-state index >= 15 is 0 Å². The molecule has 0 radical (unpaired) electrons. The number of carbonyl (C=O) groups is 1. The number of hydrogen-bond acceptors (Lipinski definition) is 9. The van der Waals surface area contributed by atoms with Crippen molar-refractivity contribution in [3.05, 3.63) is 35.9 Å². The van der Waals surface area contributed by atoms with Gasteiger partial charge in [0.1, 0.15) is 11.7 Å². The predicted molar refractivity (Wildman–Crippen MR) is 163 cm³/mol. The van der Waals surface area contributed by atoms with Crippen molar-refractivity contribution in [2.45, 2.75) is 59.6 Å². The third kappa shape index (κ3) is 5.37. The maximum absolute atomic E-state index is 12.7. The molecule has 10 heteroatoms. The third-order valence-electron chi connectivity index (χ3n) is 8.35. The summed E-state index contributed by atoms with van der Waals surface area (Å²) in [5.74, 6) is 3.26. The Bertz CT molecular complexity index is 1350. The van der Waals surface area contributed by atoms with Crippen molar-refractivity contribution in [1.29, 1.82) is 0 Å². The van der Waals surface area contributed by atoms with Crippen molar-refractivity contribution >= 4 is 40.7 Å². The standard InChI is InChI=1S/C30H42N8O2/c1-9-22-16-38(17-36(22)7)23-11-10-21(14-18(23)2)32-29-31-15-19(3)20(4)26(35-29)33-25-13-12-24-27(34-25)37(8)28(39)30(5,6)40-24/h10-14,19-20,22H,9,15-17H2,1-8H3,(H2,31,32,33,34,35)/t19-,20?,22?/m1/s1. The zero-order valence-electron chi connectivity index (χ0n) is 24.9. The van der Waals surface area contributed by atoms with Crippen molar-refractivity contribution in [3.8, 4) is 5.75 Å². The number of hydrogen-bond donors (Lipinski definition) is 2. The van der Waals surface area contributed by atoms with Gasteiger partial charge in [0, 0.05) is 43.5 Å². The number of ether oxygens (including phenoxy) is 1. The summed E-state index contributed by atoms with van der Waals surface area (Å²) in [4.78, 5) is 33.5. The van der Waals surface area contributed by atoms with E-state index in [4.69, 9.17) is 19.7 Å². The van der Waals surface area contributed by atoms with Crippen LogP contribution in [0.4, 0.5) is 23.0 Å². The number of guanidine groups is 1. The van der Waals surface area contributed by atoms with Crippen molar-refractivity contribution in [2.24, 2.45) is 21.8 Å². The highest BCUT2D eigenvalue weighted by molar-refractivity contribution is 6.08. The lowest BCUT2D eigenvalue weighted by atomic mass is 9.95. The van der Waals surface area contributed by atoms with Crippen LogP contribution < -0.4 is 25.2 Å². The second-order valence-corrected chi connectivity index (χ2v) is 11.9. The van der Waals surface area contributed by atoms with E-state index in [1.807, 2.05) is 12.1 Å². The zero-order valence-corrected chi connectivity index (χ0v) is 24.9. The maximum atomic E-state index is 12.7. The number of nitrogens with one attached hydrogen (secondary N) is 2. The van der Waals surface area contributed by atoms with Gasteiger partial charge in [0.15, 0.2) is 17.2 Å². The molecule has 1 aromatic heterocycles. The molecule has 3 aliphatic heterocycles. The Morgan fingerprint density at radius 3 is 2.60 bits per heavy atom. The summed E-state index contributed by atoms with van der Waals surface area (Å²) >= 11 is 0. The van der Waals surface area contributed by atoms with Gasteiger partial charge in [0.2, 0.25) is 5.96 Å². The average molecular weight is 547 g/mol. The minimum absolute atomic E-state index is 0.123. The van der Waals surface area contributed by atoms with Gasteiger partial charge in [0.25, 0.3) is 5.91 Å². The van der Waals surface area contributed by atoms with Gasteiger partial charge in [-0.2, -0.15) is 4.99 Å². The first-order valence-corrected chi connectivity index (χ1v) is 14.2. The fourth-order valence-corrected chi connectivity index (χ4v) is 5.56. The Labute approximate surface area is 237 Å². The molecular weight excluding hydrogens is 504 g/mol. The molecular formula is C30H42N8O2. The van der Waals surface area contributed by atoms with Crippen LogP contribution >= 0.6 is 0 Å². The van der Waals surface area contributed by atoms with Crippen LogP contribution in [0.3, 0.4) is 0 Å². The highest BCUT2D eigenvalue weighted by Gasteiger charge is 2.40. The lowest BCUT2D eigenvalue weighted by molar-refractivity contribution is -0.132. The lowest BCUT2D eigenvalue weighted by Crippen LogP contribution is -2.51. The molecule has 2 aromatic rings. The molecule has 0 spiro atoms. The monoisotopic (exact) mass is 546 g/mol. The Balaban J connectivity index is 1.35. The predicted octanol–water partition coefficient (Wildman–Crippen LogP) is 4.58. The number of aryl methyl sites for hydroxylation is 1. The number of anilines is 4. The van der Waals surface area contributed by atoms with Crippen LogP contribution in [0.1, 0.15) is 46.6 Å².